The van der Waals surface area contributed by atoms with Gasteiger partial charge in [0, 0.05) is 16.3 Å². The Morgan fingerprint density at radius 3 is 2.70 bits per heavy atom. The smallest absolute Gasteiger partial charge is 0.293 e. The third-order valence-electron chi connectivity index (χ3n) is 4.82. The summed E-state index contributed by atoms with van der Waals surface area (Å²) in [7, 11) is 0. The predicted octanol–water partition coefficient (Wildman–Crippen LogP) is 3.22. The van der Waals surface area contributed by atoms with Gasteiger partial charge in [0.2, 0.25) is 5.91 Å². The Kier molecular flexibility index (Phi) is 4.63. The molecule has 2 aromatic rings. The molecular formula is C20H19ClN2O4. The van der Waals surface area contributed by atoms with Gasteiger partial charge in [0.15, 0.2) is 0 Å². The van der Waals surface area contributed by atoms with Gasteiger partial charge in [0.05, 0.1) is 18.9 Å². The molecule has 2 heterocycles. The van der Waals surface area contributed by atoms with Gasteiger partial charge in [-0.2, -0.15) is 0 Å². The van der Waals surface area contributed by atoms with E-state index in [1.807, 2.05) is 19.1 Å². The molecule has 2 aliphatic rings. The number of anilines is 2. The summed E-state index contributed by atoms with van der Waals surface area (Å²) in [6, 6.07) is 12.5. The second-order valence-electron chi connectivity index (χ2n) is 6.54. The fourth-order valence-electron chi connectivity index (χ4n) is 3.43. The first-order valence-corrected chi connectivity index (χ1v) is 9.15. The Hall–Kier alpha value is -2.41. The largest absolute Gasteiger partial charge is 0.338 e. The number of hydrogen-bond donors (Lipinski definition) is 1. The minimum atomic E-state index is -1.44. The zero-order chi connectivity index (χ0) is 19.0. The molecule has 0 saturated carbocycles. The second-order valence-corrected chi connectivity index (χ2v) is 6.94. The van der Waals surface area contributed by atoms with E-state index >= 15 is 0 Å². The van der Waals surface area contributed by atoms with E-state index in [4.69, 9.17) is 21.1 Å². The number of fused-ring (bicyclic) bond motifs is 2. The minimum absolute atomic E-state index is 0.143. The van der Waals surface area contributed by atoms with Crippen molar-refractivity contribution in [3.05, 3.63) is 58.6 Å². The van der Waals surface area contributed by atoms with Gasteiger partial charge in [0.25, 0.3) is 11.7 Å². The lowest BCUT2D eigenvalue weighted by Crippen LogP contribution is -2.48. The molecule has 0 unspecified atom stereocenters. The van der Waals surface area contributed by atoms with Crippen molar-refractivity contribution in [1.29, 1.82) is 0 Å². The number of carbonyl (C=O) groups is 2. The Labute approximate surface area is 162 Å². The van der Waals surface area contributed by atoms with Crippen LogP contribution in [0, 0.1) is 6.92 Å². The number of para-hydroxylation sites is 1. The third-order valence-corrected chi connectivity index (χ3v) is 5.23. The summed E-state index contributed by atoms with van der Waals surface area (Å²) in [6.07, 6.45) is 0.728. The lowest BCUT2D eigenvalue weighted by Gasteiger charge is -2.32. The summed E-state index contributed by atoms with van der Waals surface area (Å²) >= 11 is 6.11. The fourth-order valence-corrected chi connectivity index (χ4v) is 3.61. The molecule has 7 heteroatoms. The van der Waals surface area contributed by atoms with Crippen LogP contribution in [0.4, 0.5) is 11.4 Å². The predicted molar refractivity (Wildman–Crippen MR) is 102 cm³/mol. The summed E-state index contributed by atoms with van der Waals surface area (Å²) in [4.78, 5) is 27.2. The van der Waals surface area contributed by atoms with Crippen molar-refractivity contribution in [2.75, 3.05) is 30.0 Å². The Bertz CT molecular complexity index is 909. The first kappa shape index (κ1) is 18.0. The zero-order valence-corrected chi connectivity index (χ0v) is 15.6. The summed E-state index contributed by atoms with van der Waals surface area (Å²) in [6.45, 7) is 2.55. The number of ether oxygens (including phenoxy) is 2. The molecule has 6 nitrogen and oxygen atoms in total. The van der Waals surface area contributed by atoms with Gasteiger partial charge >= 0.3 is 0 Å². The van der Waals surface area contributed by atoms with Crippen molar-refractivity contribution in [3.63, 3.8) is 0 Å². The molecule has 27 heavy (non-hydrogen) atoms. The maximum absolute atomic E-state index is 13.1. The highest BCUT2D eigenvalue weighted by Gasteiger charge is 2.55. The van der Waals surface area contributed by atoms with Crippen LogP contribution in [0.2, 0.25) is 5.02 Å². The lowest BCUT2D eigenvalue weighted by molar-refractivity contribution is -0.256. The van der Waals surface area contributed by atoms with E-state index in [1.165, 1.54) is 4.90 Å². The molecule has 0 aromatic heterocycles. The van der Waals surface area contributed by atoms with Crippen LogP contribution >= 0.6 is 11.6 Å². The summed E-state index contributed by atoms with van der Waals surface area (Å²) in [5, 5.41) is 3.39. The van der Waals surface area contributed by atoms with Crippen molar-refractivity contribution in [1.82, 2.24) is 0 Å². The highest BCUT2D eigenvalue weighted by atomic mass is 35.5. The molecule has 0 radical (unpaired) electrons. The van der Waals surface area contributed by atoms with Crippen LogP contribution < -0.4 is 10.2 Å². The van der Waals surface area contributed by atoms with E-state index in [0.29, 0.717) is 35.2 Å². The molecule has 2 amide bonds. The van der Waals surface area contributed by atoms with Crippen LogP contribution in [0.15, 0.2) is 42.5 Å². The standard InChI is InChI=1S/C20H19ClN2O4/c1-13-15(21)7-4-8-16(13)22-18(24)12-23-17-9-3-2-6-14(17)20(19(23)25)26-10-5-11-27-20/h2-4,6-9H,5,10-12H2,1H3,(H,22,24). The average Bonchev–Trinajstić information content (AvgIpc) is 2.89. The first-order valence-electron chi connectivity index (χ1n) is 8.77. The lowest BCUT2D eigenvalue weighted by atomic mass is 10.1. The van der Waals surface area contributed by atoms with Crippen molar-refractivity contribution in [2.45, 2.75) is 19.1 Å². The summed E-state index contributed by atoms with van der Waals surface area (Å²) in [5.41, 5.74) is 2.66. The van der Waals surface area contributed by atoms with Crippen molar-refractivity contribution >= 4 is 34.8 Å². The van der Waals surface area contributed by atoms with E-state index in [0.717, 1.165) is 12.0 Å². The molecule has 1 spiro atoms. The second kappa shape index (κ2) is 6.96. The molecule has 1 N–H and O–H groups in total. The number of benzene rings is 2. The summed E-state index contributed by atoms with van der Waals surface area (Å²) in [5.74, 6) is -2.14. The number of nitrogens with one attached hydrogen (secondary N) is 1. The maximum Gasteiger partial charge on any atom is 0.293 e. The Morgan fingerprint density at radius 2 is 1.93 bits per heavy atom. The van der Waals surface area contributed by atoms with Crippen LogP contribution in [0.1, 0.15) is 17.5 Å². The van der Waals surface area contributed by atoms with Gasteiger partial charge in [-0.3, -0.25) is 14.5 Å². The Morgan fingerprint density at radius 1 is 1.19 bits per heavy atom. The van der Waals surface area contributed by atoms with E-state index in [-0.39, 0.29) is 18.4 Å². The van der Waals surface area contributed by atoms with Gasteiger partial charge in [0.1, 0.15) is 6.54 Å². The molecule has 0 atom stereocenters. The van der Waals surface area contributed by atoms with Crippen LogP contribution in [0.25, 0.3) is 0 Å². The van der Waals surface area contributed by atoms with Gasteiger partial charge in [-0.05, 0) is 37.1 Å². The van der Waals surface area contributed by atoms with Gasteiger partial charge < -0.3 is 14.8 Å². The van der Waals surface area contributed by atoms with E-state index in [9.17, 15) is 9.59 Å². The number of rotatable bonds is 3. The number of carbonyl (C=O) groups excluding carboxylic acids is 2. The molecule has 1 fully saturated rings. The topological polar surface area (TPSA) is 67.9 Å². The van der Waals surface area contributed by atoms with Gasteiger partial charge in [-0.25, -0.2) is 0 Å². The van der Waals surface area contributed by atoms with Crippen LogP contribution in [-0.4, -0.2) is 31.6 Å². The number of amides is 2. The first-order chi connectivity index (χ1) is 13.0. The van der Waals surface area contributed by atoms with Gasteiger partial charge in [-0.1, -0.05) is 35.9 Å². The molecule has 1 saturated heterocycles. The number of nitrogens with zero attached hydrogens (tertiary/aromatic N) is 1. The van der Waals surface area contributed by atoms with Gasteiger partial charge in [-0.15, -0.1) is 0 Å². The van der Waals surface area contributed by atoms with E-state index in [1.54, 1.807) is 30.3 Å². The van der Waals surface area contributed by atoms with E-state index in [2.05, 4.69) is 5.32 Å². The van der Waals surface area contributed by atoms with Crippen LogP contribution in [-0.2, 0) is 24.8 Å². The molecule has 0 bridgehead atoms. The normalized spacial score (nSPS) is 17.9. The SMILES string of the molecule is Cc1c(Cl)cccc1NC(=O)CN1C(=O)C2(OCCCO2)c2ccccc21. The van der Waals surface area contributed by atoms with Crippen molar-refractivity contribution in [2.24, 2.45) is 0 Å². The molecule has 2 aromatic carbocycles. The fraction of sp³-hybridized carbons (Fsp3) is 0.300. The van der Waals surface area contributed by atoms with Crippen LogP contribution in [0.5, 0.6) is 0 Å². The van der Waals surface area contributed by atoms with Crippen molar-refractivity contribution in [3.8, 4) is 0 Å². The average molecular weight is 387 g/mol. The Balaban J connectivity index is 1.59. The third kappa shape index (κ3) is 3.00. The zero-order valence-electron chi connectivity index (χ0n) is 14.8. The monoisotopic (exact) mass is 386 g/mol. The minimum Gasteiger partial charge on any atom is -0.338 e. The van der Waals surface area contributed by atoms with E-state index < -0.39 is 5.79 Å². The molecule has 4 rings (SSSR count). The highest BCUT2D eigenvalue weighted by Crippen LogP contribution is 2.44. The quantitative estimate of drug-likeness (QED) is 0.879. The molecular weight excluding hydrogens is 368 g/mol. The van der Waals surface area contributed by atoms with Crippen molar-refractivity contribution < 1.29 is 19.1 Å². The maximum atomic E-state index is 13.1. The molecule has 140 valence electrons. The molecule has 0 aliphatic carbocycles. The number of hydrogen-bond acceptors (Lipinski definition) is 4. The molecule has 2 aliphatic heterocycles. The summed E-state index contributed by atoms with van der Waals surface area (Å²) < 4.78 is 11.5. The number of halogens is 1. The highest BCUT2D eigenvalue weighted by molar-refractivity contribution is 6.31. The van der Waals surface area contributed by atoms with Crippen LogP contribution in [0.3, 0.4) is 0 Å².